The van der Waals surface area contributed by atoms with E-state index in [9.17, 15) is 14.4 Å². The average Bonchev–Trinajstić information content (AvgIpc) is 2.19. The van der Waals surface area contributed by atoms with E-state index in [1.54, 1.807) is 41.5 Å². The summed E-state index contributed by atoms with van der Waals surface area (Å²) in [7, 11) is 0. The summed E-state index contributed by atoms with van der Waals surface area (Å²) in [6, 6.07) is -1.64. The number of hydrogen-bond acceptors (Lipinski definition) is 7. The van der Waals surface area contributed by atoms with Crippen LogP contribution in [-0.2, 0) is 23.9 Å². The van der Waals surface area contributed by atoms with Crippen LogP contribution in [-0.4, -0.2) is 40.3 Å². The first-order valence-electron chi connectivity index (χ1n) is 6.43. The van der Waals surface area contributed by atoms with Crippen LogP contribution < -0.4 is 11.3 Å². The fourth-order valence-electron chi connectivity index (χ4n) is 1.41. The summed E-state index contributed by atoms with van der Waals surface area (Å²) >= 11 is 0. The van der Waals surface area contributed by atoms with Gasteiger partial charge in [-0.15, -0.1) is 0 Å². The number of ether oxygens (including phenoxy) is 2. The number of nitrogens with two attached hydrogens (primary N) is 1. The van der Waals surface area contributed by atoms with Crippen LogP contribution in [0.1, 0.15) is 41.5 Å². The Bertz CT molecular complexity index is 380. The highest BCUT2D eigenvalue weighted by atomic mass is 16.6. The maximum atomic E-state index is 12.1. The lowest BCUT2D eigenvalue weighted by Gasteiger charge is -2.28. The van der Waals surface area contributed by atoms with Crippen LogP contribution in [0.15, 0.2) is 0 Å². The summed E-state index contributed by atoms with van der Waals surface area (Å²) in [6.45, 7) is 9.60. The van der Waals surface area contributed by atoms with E-state index in [0.29, 0.717) is 0 Å². The maximum absolute atomic E-state index is 12.1. The Morgan fingerprint density at radius 2 is 1.29 bits per heavy atom. The quantitative estimate of drug-likeness (QED) is 0.284. The van der Waals surface area contributed by atoms with Crippen molar-refractivity contribution in [3.05, 3.63) is 0 Å². The van der Waals surface area contributed by atoms with Gasteiger partial charge in [-0.05, 0) is 41.5 Å². The van der Waals surface area contributed by atoms with Gasteiger partial charge < -0.3 is 14.6 Å². The topological polar surface area (TPSA) is 128 Å². The molecule has 0 heterocycles. The maximum Gasteiger partial charge on any atom is 0.323 e. The van der Waals surface area contributed by atoms with Gasteiger partial charge >= 0.3 is 17.9 Å². The second-order valence-corrected chi connectivity index (χ2v) is 6.53. The van der Waals surface area contributed by atoms with Crippen molar-refractivity contribution in [2.45, 2.75) is 58.8 Å². The van der Waals surface area contributed by atoms with Crippen molar-refractivity contribution in [1.29, 1.82) is 0 Å². The Hall–Kier alpha value is -1.67. The number of nitrogens with one attached hydrogen (secondary N) is 1. The van der Waals surface area contributed by atoms with Gasteiger partial charge in [0, 0.05) is 0 Å². The zero-order chi connectivity index (χ0) is 17.0. The molecule has 0 saturated heterocycles. The van der Waals surface area contributed by atoms with E-state index in [4.69, 9.17) is 20.4 Å². The first kappa shape index (κ1) is 19.3. The van der Waals surface area contributed by atoms with Crippen LogP contribution in [0, 0.1) is 5.92 Å². The van der Waals surface area contributed by atoms with Crippen LogP contribution in [0.4, 0.5) is 0 Å². The first-order valence-corrected chi connectivity index (χ1v) is 6.43. The smallest absolute Gasteiger partial charge is 0.323 e. The van der Waals surface area contributed by atoms with Crippen LogP contribution >= 0.6 is 0 Å². The summed E-state index contributed by atoms with van der Waals surface area (Å²) in [5.74, 6) is -0.0545. The van der Waals surface area contributed by atoms with Crippen LogP contribution in [0.25, 0.3) is 0 Å². The minimum absolute atomic E-state index is 0.880. The highest BCUT2D eigenvalue weighted by Gasteiger charge is 2.44. The number of hydrogen-bond donors (Lipinski definition) is 3. The van der Waals surface area contributed by atoms with Crippen molar-refractivity contribution in [2.24, 2.45) is 11.8 Å². The molecule has 0 aliphatic heterocycles. The fourth-order valence-corrected chi connectivity index (χ4v) is 1.41. The van der Waals surface area contributed by atoms with Gasteiger partial charge in [0.2, 0.25) is 0 Å². The third kappa shape index (κ3) is 7.05. The molecular weight excluding hydrogens is 280 g/mol. The van der Waals surface area contributed by atoms with Crippen molar-refractivity contribution in [2.75, 3.05) is 0 Å². The Kier molecular flexibility index (Phi) is 6.31. The lowest BCUT2D eigenvalue weighted by molar-refractivity contribution is -0.179. The molecule has 0 aromatic rings. The third-order valence-corrected chi connectivity index (χ3v) is 2.10. The van der Waals surface area contributed by atoms with E-state index in [0.717, 1.165) is 0 Å². The molecule has 4 N–H and O–H groups in total. The lowest BCUT2D eigenvalue weighted by atomic mass is 9.99. The molecule has 0 rings (SSSR count). The van der Waals surface area contributed by atoms with Crippen molar-refractivity contribution in [1.82, 2.24) is 5.43 Å². The van der Waals surface area contributed by atoms with Gasteiger partial charge in [-0.1, -0.05) is 0 Å². The molecular formula is C13H24N2O6. The molecule has 0 bridgehead atoms. The van der Waals surface area contributed by atoms with E-state index in [1.807, 2.05) is 5.43 Å². The highest BCUT2D eigenvalue weighted by molar-refractivity contribution is 6.00. The van der Waals surface area contributed by atoms with Crippen molar-refractivity contribution in [3.8, 4) is 0 Å². The van der Waals surface area contributed by atoms with Crippen molar-refractivity contribution >= 4 is 17.9 Å². The van der Waals surface area contributed by atoms with Gasteiger partial charge in [-0.25, -0.2) is 5.43 Å². The number of carbonyl (C=O) groups excluding carboxylic acids is 2. The van der Waals surface area contributed by atoms with Gasteiger partial charge in [0.1, 0.15) is 17.2 Å². The van der Waals surface area contributed by atoms with E-state index in [2.05, 4.69) is 0 Å². The number of carboxylic acids is 1. The summed E-state index contributed by atoms with van der Waals surface area (Å²) in [4.78, 5) is 35.4. The standard InChI is InChI=1S/C13H24N2O6/c1-12(2,3)20-10(18)7(8(15-14)9(16)17)11(19)21-13(4,5)6/h7-8,15H,14H2,1-6H3,(H,16,17). The summed E-state index contributed by atoms with van der Waals surface area (Å²) < 4.78 is 10.1. The molecule has 0 saturated carbocycles. The third-order valence-electron chi connectivity index (χ3n) is 2.10. The fraction of sp³-hybridized carbons (Fsp3) is 0.769. The minimum Gasteiger partial charge on any atom is -0.480 e. The first-order chi connectivity index (χ1) is 9.28. The SMILES string of the molecule is CC(C)(C)OC(=O)C(C(=O)OC(C)(C)C)C(NN)C(=O)O. The molecule has 0 aromatic heterocycles. The molecule has 0 aromatic carbocycles. The largest absolute Gasteiger partial charge is 0.480 e. The van der Waals surface area contributed by atoms with Crippen LogP contribution in [0.2, 0.25) is 0 Å². The van der Waals surface area contributed by atoms with Crippen molar-refractivity contribution in [3.63, 3.8) is 0 Å². The Balaban J connectivity index is 5.42. The lowest BCUT2D eigenvalue weighted by Crippen LogP contribution is -2.54. The molecule has 0 amide bonds. The predicted octanol–water partition coefficient (Wildman–Crippen LogP) is 0.203. The second-order valence-electron chi connectivity index (χ2n) is 6.53. The summed E-state index contributed by atoms with van der Waals surface area (Å²) in [5.41, 5.74) is 0.174. The van der Waals surface area contributed by atoms with Gasteiger partial charge in [0.05, 0.1) is 0 Å². The molecule has 0 aliphatic rings. The molecule has 0 radical (unpaired) electrons. The molecule has 0 spiro atoms. The summed E-state index contributed by atoms with van der Waals surface area (Å²) in [6.07, 6.45) is 0. The van der Waals surface area contributed by atoms with Crippen molar-refractivity contribution < 1.29 is 29.0 Å². The zero-order valence-corrected chi connectivity index (χ0v) is 13.2. The normalized spacial score (nSPS) is 13.7. The Morgan fingerprint density at radius 3 is 1.48 bits per heavy atom. The summed E-state index contributed by atoms with van der Waals surface area (Å²) in [5, 5.41) is 9.08. The molecule has 1 atom stereocenters. The highest BCUT2D eigenvalue weighted by Crippen LogP contribution is 2.19. The molecule has 8 heteroatoms. The van der Waals surface area contributed by atoms with E-state index < -0.39 is 41.1 Å². The van der Waals surface area contributed by atoms with E-state index >= 15 is 0 Å². The second kappa shape index (κ2) is 6.86. The molecule has 0 fully saturated rings. The van der Waals surface area contributed by atoms with Gasteiger partial charge in [0.15, 0.2) is 5.92 Å². The minimum atomic E-state index is -1.70. The van der Waals surface area contributed by atoms with Gasteiger partial charge in [-0.3, -0.25) is 20.2 Å². The number of hydrazine groups is 1. The van der Waals surface area contributed by atoms with Crippen LogP contribution in [0.5, 0.6) is 0 Å². The number of carbonyl (C=O) groups is 3. The number of aliphatic carboxylic acids is 1. The molecule has 0 aliphatic carbocycles. The van der Waals surface area contributed by atoms with Crippen LogP contribution in [0.3, 0.4) is 0 Å². The van der Waals surface area contributed by atoms with Gasteiger partial charge in [-0.2, -0.15) is 0 Å². The number of esters is 2. The Morgan fingerprint density at radius 1 is 0.952 bits per heavy atom. The predicted molar refractivity (Wildman–Crippen MR) is 73.9 cm³/mol. The number of carboxylic acid groups (broad SMARTS) is 1. The average molecular weight is 304 g/mol. The van der Waals surface area contributed by atoms with E-state index in [-0.39, 0.29) is 0 Å². The monoisotopic (exact) mass is 304 g/mol. The molecule has 1 unspecified atom stereocenters. The molecule has 21 heavy (non-hydrogen) atoms. The zero-order valence-electron chi connectivity index (χ0n) is 13.2. The van der Waals surface area contributed by atoms with E-state index in [1.165, 1.54) is 0 Å². The molecule has 8 nitrogen and oxygen atoms in total. The Labute approximate surface area is 123 Å². The molecule has 122 valence electrons. The number of rotatable bonds is 5. The van der Waals surface area contributed by atoms with Gasteiger partial charge in [0.25, 0.3) is 0 Å².